The van der Waals surface area contributed by atoms with Crippen molar-refractivity contribution >= 4 is 17.8 Å². The topological polar surface area (TPSA) is 131 Å². The van der Waals surface area contributed by atoms with Crippen molar-refractivity contribution in [2.45, 2.75) is 50.3 Å². The van der Waals surface area contributed by atoms with Crippen molar-refractivity contribution in [3.63, 3.8) is 0 Å². The van der Waals surface area contributed by atoms with Gasteiger partial charge in [0.1, 0.15) is 17.7 Å². The summed E-state index contributed by atoms with van der Waals surface area (Å²) in [5, 5.41) is 15.2. The third kappa shape index (κ3) is 5.83. The Kier molecular flexibility index (Phi) is 7.86. The van der Waals surface area contributed by atoms with Gasteiger partial charge in [-0.3, -0.25) is 9.59 Å². The summed E-state index contributed by atoms with van der Waals surface area (Å²) in [4.78, 5) is 35.8. The Labute approximate surface area is 201 Å². The molecule has 1 aliphatic rings. The molecule has 3 atom stereocenters. The number of hydrogen-bond donors (Lipinski definition) is 4. The Bertz CT molecular complexity index is 1120. The van der Waals surface area contributed by atoms with E-state index in [1.165, 1.54) is 0 Å². The zero-order valence-corrected chi connectivity index (χ0v) is 19.7. The number of nitrogens with two attached hydrogens (primary N) is 1. The third-order valence-electron chi connectivity index (χ3n) is 6.49. The van der Waals surface area contributed by atoms with Crippen LogP contribution in [0.5, 0.6) is 0 Å². The highest BCUT2D eigenvalue weighted by atomic mass is 19.1. The van der Waals surface area contributed by atoms with E-state index in [1.807, 2.05) is 19.9 Å². The molecular weight excluding hydrogens is 460 g/mol. The predicted molar refractivity (Wildman–Crippen MR) is 124 cm³/mol. The van der Waals surface area contributed by atoms with Crippen LogP contribution in [0.25, 0.3) is 0 Å². The molecule has 3 rings (SSSR count). The molecule has 0 heterocycles. The molecule has 2 amide bonds. The second-order valence-corrected chi connectivity index (χ2v) is 9.18. The summed E-state index contributed by atoms with van der Waals surface area (Å²) in [6.07, 6.45) is 0.358. The van der Waals surface area contributed by atoms with E-state index in [0.29, 0.717) is 18.1 Å². The number of hydrogen-bond acceptors (Lipinski definition) is 5. The molecule has 10 heteroatoms. The van der Waals surface area contributed by atoms with Crippen LogP contribution in [0.2, 0.25) is 0 Å². The van der Waals surface area contributed by atoms with E-state index >= 15 is 0 Å². The molecule has 0 fully saturated rings. The van der Waals surface area contributed by atoms with Crippen LogP contribution in [0.4, 0.5) is 8.78 Å². The van der Waals surface area contributed by atoms with Crippen LogP contribution in [-0.2, 0) is 21.4 Å². The number of fused-ring (bicyclic) bond motifs is 1. The van der Waals surface area contributed by atoms with Crippen molar-refractivity contribution in [2.24, 2.45) is 5.73 Å². The fourth-order valence-corrected chi connectivity index (χ4v) is 4.65. The van der Waals surface area contributed by atoms with Gasteiger partial charge in [-0.15, -0.1) is 0 Å². The highest BCUT2D eigenvalue weighted by molar-refractivity contribution is 5.96. The highest BCUT2D eigenvalue weighted by Gasteiger charge is 2.42. The number of benzene rings is 2. The van der Waals surface area contributed by atoms with Crippen LogP contribution < -0.4 is 16.4 Å². The van der Waals surface area contributed by atoms with Gasteiger partial charge in [-0.25, -0.2) is 13.6 Å². The molecule has 0 aromatic heterocycles. The first-order valence-electron chi connectivity index (χ1n) is 11.1. The van der Waals surface area contributed by atoms with Crippen molar-refractivity contribution in [3.05, 3.63) is 70.3 Å². The lowest BCUT2D eigenvalue weighted by molar-refractivity contribution is -0.139. The molecule has 1 aliphatic carbocycles. The SMILES string of the molecule is CO[C@H]1Cc2ccc(C(N)=O)cc2C(C)(C)[C@@H]1NCCC(NC(=O)c1cc(F)cc(F)c1)C(=O)O. The summed E-state index contributed by atoms with van der Waals surface area (Å²) in [6, 6.07) is 6.08. The van der Waals surface area contributed by atoms with Gasteiger partial charge in [0, 0.05) is 42.2 Å². The van der Waals surface area contributed by atoms with Crippen molar-refractivity contribution < 1.29 is 33.0 Å². The van der Waals surface area contributed by atoms with Gasteiger partial charge in [0.2, 0.25) is 5.91 Å². The van der Waals surface area contributed by atoms with E-state index in [1.54, 1.807) is 19.2 Å². The Morgan fingerprint density at radius 3 is 2.37 bits per heavy atom. The average molecular weight is 490 g/mol. The second-order valence-electron chi connectivity index (χ2n) is 9.18. The van der Waals surface area contributed by atoms with Gasteiger partial charge in [0.05, 0.1) is 6.10 Å². The maximum atomic E-state index is 13.4. The van der Waals surface area contributed by atoms with Crippen molar-refractivity contribution in [2.75, 3.05) is 13.7 Å². The maximum Gasteiger partial charge on any atom is 0.326 e. The standard InChI is InChI=1S/C25H29F2N3O5/c1-25(2)18-10-14(22(28)31)5-4-13(18)11-20(35-3)21(25)29-7-6-19(24(33)34)30-23(32)15-8-16(26)12-17(27)9-15/h4-5,8-10,12,19-21,29H,6-7,11H2,1-3H3,(H2,28,31)(H,30,32)(H,33,34)/t19?,20-,21+/m0/s1. The molecule has 0 aliphatic heterocycles. The molecule has 2 aromatic rings. The minimum Gasteiger partial charge on any atom is -0.480 e. The quantitative estimate of drug-likeness (QED) is 0.427. The summed E-state index contributed by atoms with van der Waals surface area (Å²) < 4.78 is 32.6. The number of carbonyl (C=O) groups excluding carboxylic acids is 2. The summed E-state index contributed by atoms with van der Waals surface area (Å²) in [5.74, 6) is -4.57. The fourth-order valence-electron chi connectivity index (χ4n) is 4.65. The maximum absolute atomic E-state index is 13.4. The number of methoxy groups -OCH3 is 1. The fraction of sp³-hybridized carbons (Fsp3) is 0.400. The Morgan fingerprint density at radius 2 is 1.80 bits per heavy atom. The van der Waals surface area contributed by atoms with Gasteiger partial charge < -0.3 is 26.2 Å². The Morgan fingerprint density at radius 1 is 1.14 bits per heavy atom. The summed E-state index contributed by atoms with van der Waals surface area (Å²) in [7, 11) is 1.59. The first-order valence-corrected chi connectivity index (χ1v) is 11.1. The summed E-state index contributed by atoms with van der Waals surface area (Å²) >= 11 is 0. The molecule has 5 N–H and O–H groups in total. The lowest BCUT2D eigenvalue weighted by atomic mass is 9.67. The molecule has 188 valence electrons. The van der Waals surface area contributed by atoms with Crippen molar-refractivity contribution in [1.82, 2.24) is 10.6 Å². The molecule has 2 aromatic carbocycles. The molecule has 0 saturated heterocycles. The van der Waals surface area contributed by atoms with E-state index < -0.39 is 40.9 Å². The van der Waals surface area contributed by atoms with Gasteiger partial charge in [-0.05, 0) is 48.4 Å². The number of halogens is 2. The van der Waals surface area contributed by atoms with E-state index in [4.69, 9.17) is 10.5 Å². The van der Waals surface area contributed by atoms with Crippen LogP contribution in [-0.4, -0.2) is 54.7 Å². The van der Waals surface area contributed by atoms with Crippen LogP contribution in [0.1, 0.15) is 52.1 Å². The first kappa shape index (κ1) is 26.2. The Balaban J connectivity index is 1.72. The summed E-state index contributed by atoms with van der Waals surface area (Å²) in [5.41, 5.74) is 7.01. The van der Waals surface area contributed by atoms with E-state index in [2.05, 4.69) is 10.6 Å². The number of nitrogens with one attached hydrogen (secondary N) is 2. The number of aliphatic carboxylic acids is 1. The predicted octanol–water partition coefficient (Wildman–Crippen LogP) is 2.14. The lowest BCUT2D eigenvalue weighted by Crippen LogP contribution is -2.57. The molecule has 0 bridgehead atoms. The molecule has 8 nitrogen and oxygen atoms in total. The zero-order valence-electron chi connectivity index (χ0n) is 19.7. The average Bonchev–Trinajstić information content (AvgIpc) is 2.78. The number of primary amides is 1. The number of carbonyl (C=O) groups is 3. The molecule has 0 saturated carbocycles. The molecular formula is C25H29F2N3O5. The molecule has 0 spiro atoms. The van der Waals surface area contributed by atoms with E-state index in [9.17, 15) is 28.3 Å². The van der Waals surface area contributed by atoms with Crippen LogP contribution in [0.3, 0.4) is 0 Å². The normalized spacial score (nSPS) is 19.5. The van der Waals surface area contributed by atoms with E-state index in [-0.39, 0.29) is 30.7 Å². The molecule has 1 unspecified atom stereocenters. The minimum atomic E-state index is -1.29. The zero-order chi connectivity index (χ0) is 25.9. The molecule has 35 heavy (non-hydrogen) atoms. The van der Waals surface area contributed by atoms with E-state index in [0.717, 1.165) is 23.3 Å². The number of carboxylic acid groups (broad SMARTS) is 1. The van der Waals surface area contributed by atoms with Gasteiger partial charge >= 0.3 is 5.97 Å². The van der Waals surface area contributed by atoms with Gasteiger partial charge in [-0.2, -0.15) is 0 Å². The highest BCUT2D eigenvalue weighted by Crippen LogP contribution is 2.38. The lowest BCUT2D eigenvalue weighted by Gasteiger charge is -2.45. The first-order chi connectivity index (χ1) is 16.4. The smallest absolute Gasteiger partial charge is 0.326 e. The number of ether oxygens (including phenoxy) is 1. The van der Waals surface area contributed by atoms with Gasteiger partial charge in [-0.1, -0.05) is 19.9 Å². The number of rotatable bonds is 9. The largest absolute Gasteiger partial charge is 0.480 e. The minimum absolute atomic E-state index is 0.00999. The van der Waals surface area contributed by atoms with Crippen molar-refractivity contribution in [1.29, 1.82) is 0 Å². The van der Waals surface area contributed by atoms with Gasteiger partial charge in [0.25, 0.3) is 5.91 Å². The van der Waals surface area contributed by atoms with Crippen LogP contribution >= 0.6 is 0 Å². The Hall–Kier alpha value is -3.37. The van der Waals surface area contributed by atoms with Crippen LogP contribution in [0.15, 0.2) is 36.4 Å². The monoisotopic (exact) mass is 489 g/mol. The molecule has 0 radical (unpaired) electrons. The number of carboxylic acids is 1. The van der Waals surface area contributed by atoms with Gasteiger partial charge in [0.15, 0.2) is 0 Å². The third-order valence-corrected chi connectivity index (χ3v) is 6.49. The summed E-state index contributed by atoms with van der Waals surface area (Å²) in [6.45, 7) is 4.19. The number of amides is 2. The van der Waals surface area contributed by atoms with Crippen molar-refractivity contribution in [3.8, 4) is 0 Å². The second kappa shape index (κ2) is 10.5. The van der Waals surface area contributed by atoms with Crippen LogP contribution in [0, 0.1) is 11.6 Å².